The van der Waals surface area contributed by atoms with E-state index >= 15 is 0 Å². The standard InChI is InChI=1S/C42H49N13O6/c1-2-29-24-45-41(46-25-29)53-12-14-54(15-13-53)42-47-26-31(27-48-42)40(58)44-10-17-60-19-21-61-20-18-59-16-9-32(56)6-4-3-5-11-55-39-36(38(43)49-28-50-39)37(52-55)35-23-30-22-33(57)7-8-34(30)51-35/h1,7-8,22-28,51,57H,3-6,9-21H2,(H,44,58)(H2,43,49,50). The van der Waals surface area contributed by atoms with E-state index in [-0.39, 0.29) is 17.4 Å². The summed E-state index contributed by atoms with van der Waals surface area (Å²) in [7, 11) is 0. The van der Waals surface area contributed by atoms with Crippen LogP contribution < -0.4 is 20.9 Å². The average Bonchev–Trinajstić information content (AvgIpc) is 3.88. The van der Waals surface area contributed by atoms with Crippen molar-refractivity contribution in [3.63, 3.8) is 0 Å². The van der Waals surface area contributed by atoms with E-state index in [1.54, 1.807) is 24.5 Å². The molecule has 0 aliphatic carbocycles. The second-order valence-corrected chi connectivity index (χ2v) is 14.3. The fourth-order valence-corrected chi connectivity index (χ4v) is 6.84. The molecule has 7 rings (SSSR count). The minimum atomic E-state index is -0.276. The van der Waals surface area contributed by atoms with Crippen molar-refractivity contribution >= 4 is 51.3 Å². The normalized spacial score (nSPS) is 12.9. The molecule has 1 amide bonds. The Bertz CT molecular complexity index is 2420. The Morgan fingerprint density at radius 2 is 1.49 bits per heavy atom. The Balaban J connectivity index is 0.684. The molecule has 1 saturated heterocycles. The van der Waals surface area contributed by atoms with Crippen LogP contribution in [-0.4, -0.2) is 134 Å². The third-order valence-corrected chi connectivity index (χ3v) is 10.1. The Kier molecular flexibility index (Phi) is 14.6. The molecule has 5 aromatic heterocycles. The van der Waals surface area contributed by atoms with Gasteiger partial charge in [0.2, 0.25) is 11.9 Å². The van der Waals surface area contributed by atoms with Gasteiger partial charge in [-0.3, -0.25) is 9.59 Å². The van der Waals surface area contributed by atoms with Gasteiger partial charge in [-0.15, -0.1) is 6.42 Å². The zero-order valence-corrected chi connectivity index (χ0v) is 33.8. The van der Waals surface area contributed by atoms with Crippen LogP contribution in [0.4, 0.5) is 17.7 Å². The number of H-pyrrole nitrogens is 1. The number of piperazine rings is 1. The van der Waals surface area contributed by atoms with E-state index in [0.29, 0.717) is 137 Å². The molecule has 6 aromatic rings. The summed E-state index contributed by atoms with van der Waals surface area (Å²) < 4.78 is 18.5. The van der Waals surface area contributed by atoms with Crippen molar-refractivity contribution in [2.75, 3.05) is 87.9 Å². The Labute approximate surface area is 352 Å². The monoisotopic (exact) mass is 831 g/mol. The Morgan fingerprint density at radius 1 is 0.820 bits per heavy atom. The number of hydrogen-bond donors (Lipinski definition) is 4. The van der Waals surface area contributed by atoms with E-state index in [9.17, 15) is 14.7 Å². The van der Waals surface area contributed by atoms with Gasteiger partial charge in [0.05, 0.1) is 61.8 Å². The number of phenols is 1. The number of unbranched alkanes of at least 4 members (excludes halogenated alkanes) is 2. The second-order valence-electron chi connectivity index (χ2n) is 14.3. The van der Waals surface area contributed by atoms with Gasteiger partial charge in [0.1, 0.15) is 29.4 Å². The number of Topliss-reactive ketones (excluding diaryl/α,β-unsaturated/α-hetero) is 1. The predicted molar refractivity (Wildman–Crippen MR) is 228 cm³/mol. The highest BCUT2D eigenvalue weighted by molar-refractivity contribution is 6.00. The summed E-state index contributed by atoms with van der Waals surface area (Å²) in [5, 5.41) is 19.0. The number of benzene rings is 1. The van der Waals surface area contributed by atoms with Crippen LogP contribution in [0, 0.1) is 12.3 Å². The fraction of sp³-hybridized carbons (Fsp3) is 0.405. The quantitative estimate of drug-likeness (QED) is 0.0568. The number of carbonyl (C=O) groups is 2. The predicted octanol–water partition coefficient (Wildman–Crippen LogP) is 3.15. The molecule has 61 heavy (non-hydrogen) atoms. The van der Waals surface area contributed by atoms with Crippen molar-refractivity contribution in [1.29, 1.82) is 0 Å². The first-order valence-electron chi connectivity index (χ1n) is 20.3. The van der Waals surface area contributed by atoms with Crippen LogP contribution in [0.25, 0.3) is 33.3 Å². The number of amides is 1. The number of terminal acetylenes is 1. The molecule has 0 unspecified atom stereocenters. The highest BCUT2D eigenvalue weighted by atomic mass is 16.5. The summed E-state index contributed by atoms with van der Waals surface area (Å²) in [6.07, 6.45) is 16.4. The number of aromatic amines is 1. The van der Waals surface area contributed by atoms with Gasteiger partial charge in [-0.1, -0.05) is 12.3 Å². The molecule has 0 saturated carbocycles. The number of aryl methyl sites for hydroxylation is 1. The van der Waals surface area contributed by atoms with Crippen LogP contribution in [0.1, 0.15) is 48.0 Å². The number of nitrogen functional groups attached to an aromatic ring is 1. The average molecular weight is 832 g/mol. The summed E-state index contributed by atoms with van der Waals surface area (Å²) in [4.78, 5) is 58.6. The minimum Gasteiger partial charge on any atom is -0.508 e. The summed E-state index contributed by atoms with van der Waals surface area (Å²) in [6.45, 7) is 5.94. The zero-order chi connectivity index (χ0) is 42.4. The van der Waals surface area contributed by atoms with Crippen LogP contribution in [0.3, 0.4) is 0 Å². The highest BCUT2D eigenvalue weighted by Crippen LogP contribution is 2.32. The molecular weight excluding hydrogens is 783 g/mol. The summed E-state index contributed by atoms with van der Waals surface area (Å²) in [5.74, 6) is 4.13. The molecule has 1 fully saturated rings. The van der Waals surface area contributed by atoms with E-state index in [2.05, 4.69) is 55.9 Å². The molecule has 19 nitrogen and oxygen atoms in total. The molecule has 1 aromatic carbocycles. The van der Waals surface area contributed by atoms with E-state index in [1.807, 2.05) is 16.8 Å². The number of rotatable bonds is 22. The third kappa shape index (κ3) is 11.3. The first-order chi connectivity index (χ1) is 29.9. The number of hydrogen-bond acceptors (Lipinski definition) is 16. The number of nitrogens with one attached hydrogen (secondary N) is 2. The van der Waals surface area contributed by atoms with Gasteiger partial charge in [-0.2, -0.15) is 5.10 Å². The van der Waals surface area contributed by atoms with Crippen molar-refractivity contribution in [1.82, 2.24) is 50.0 Å². The maximum atomic E-state index is 12.6. The lowest BCUT2D eigenvalue weighted by Gasteiger charge is -2.34. The molecule has 5 N–H and O–H groups in total. The lowest BCUT2D eigenvalue weighted by molar-refractivity contribution is -0.120. The molecule has 1 aliphatic rings. The topological polar surface area (TPSA) is 238 Å². The number of nitrogens with zero attached hydrogens (tertiary/aromatic N) is 10. The molecule has 6 heterocycles. The van der Waals surface area contributed by atoms with E-state index in [1.165, 1.54) is 18.7 Å². The lowest BCUT2D eigenvalue weighted by atomic mass is 10.1. The minimum absolute atomic E-state index is 0.161. The van der Waals surface area contributed by atoms with Gasteiger partial charge in [-0.05, 0) is 37.1 Å². The van der Waals surface area contributed by atoms with Crippen molar-refractivity contribution in [2.45, 2.75) is 38.6 Å². The third-order valence-electron chi connectivity index (χ3n) is 10.1. The second kappa shape index (κ2) is 21.0. The Hall–Kier alpha value is -6.75. The number of anilines is 3. The van der Waals surface area contributed by atoms with Crippen LogP contribution in [-0.2, 0) is 25.5 Å². The highest BCUT2D eigenvalue weighted by Gasteiger charge is 2.22. The first kappa shape index (κ1) is 42.4. The molecule has 1 aliphatic heterocycles. The Morgan fingerprint density at radius 3 is 2.20 bits per heavy atom. The largest absolute Gasteiger partial charge is 0.508 e. The number of aromatic hydroxyl groups is 1. The van der Waals surface area contributed by atoms with Crippen LogP contribution >= 0.6 is 0 Å². The molecule has 0 bridgehead atoms. The van der Waals surface area contributed by atoms with Crippen LogP contribution in [0.5, 0.6) is 5.75 Å². The van der Waals surface area contributed by atoms with Crippen LogP contribution in [0.2, 0.25) is 0 Å². The number of phenolic OH excluding ortho intramolecular Hbond substituents is 1. The zero-order valence-electron chi connectivity index (χ0n) is 33.8. The van der Waals surface area contributed by atoms with E-state index < -0.39 is 0 Å². The summed E-state index contributed by atoms with van der Waals surface area (Å²) >= 11 is 0. The van der Waals surface area contributed by atoms with Gasteiger partial charge in [0, 0.05) is 87.8 Å². The van der Waals surface area contributed by atoms with E-state index in [4.69, 9.17) is 31.5 Å². The molecular formula is C42H49N13O6. The van der Waals surface area contributed by atoms with E-state index in [0.717, 1.165) is 35.9 Å². The number of ketones is 1. The van der Waals surface area contributed by atoms with Gasteiger partial charge in [-0.25, -0.2) is 34.6 Å². The molecule has 0 atom stereocenters. The van der Waals surface area contributed by atoms with Crippen molar-refractivity contribution in [3.8, 4) is 29.5 Å². The first-order valence-corrected chi connectivity index (χ1v) is 20.3. The van der Waals surface area contributed by atoms with Crippen molar-refractivity contribution in [2.24, 2.45) is 0 Å². The smallest absolute Gasteiger partial charge is 0.254 e. The van der Waals surface area contributed by atoms with Crippen molar-refractivity contribution < 1.29 is 28.9 Å². The molecule has 19 heteroatoms. The van der Waals surface area contributed by atoms with Crippen molar-refractivity contribution in [3.05, 3.63) is 66.5 Å². The molecule has 318 valence electrons. The maximum Gasteiger partial charge on any atom is 0.254 e. The maximum absolute atomic E-state index is 12.6. The van der Waals surface area contributed by atoms with Gasteiger partial charge >= 0.3 is 0 Å². The number of ether oxygens (including phenoxy) is 3. The lowest BCUT2D eigenvalue weighted by Crippen LogP contribution is -2.47. The summed E-state index contributed by atoms with van der Waals surface area (Å²) in [5.41, 5.74) is 10.2. The van der Waals surface area contributed by atoms with Gasteiger partial charge < -0.3 is 45.2 Å². The van der Waals surface area contributed by atoms with Crippen LogP contribution in [0.15, 0.2) is 55.4 Å². The molecule has 0 spiro atoms. The number of fused-ring (bicyclic) bond motifs is 2. The molecule has 0 radical (unpaired) electrons. The number of nitrogens with two attached hydrogens (primary N) is 1. The SMILES string of the molecule is C#Cc1cnc(N2CCN(c3ncc(C(=O)NCCOCCOCCOCCC(=O)CCCCCn4nc(-c5cc6cc(O)ccc6[nH]5)c5c(N)ncnc54)cn3)CC2)nc1. The fourth-order valence-electron chi connectivity index (χ4n) is 6.84. The summed E-state index contributed by atoms with van der Waals surface area (Å²) in [6, 6.07) is 7.05. The number of carbonyl (C=O) groups excluding carboxylic acids is 2. The van der Waals surface area contributed by atoms with Gasteiger partial charge in [0.15, 0.2) is 5.65 Å². The van der Waals surface area contributed by atoms with Gasteiger partial charge in [0.25, 0.3) is 5.91 Å². The number of aromatic nitrogens is 9.